The molecule has 4 rings (SSSR count). The maximum absolute atomic E-state index is 13.4. The Morgan fingerprint density at radius 1 is 1.16 bits per heavy atom. The summed E-state index contributed by atoms with van der Waals surface area (Å²) in [5.74, 6) is -0.496. The van der Waals surface area contributed by atoms with Gasteiger partial charge in [0.2, 0.25) is 6.10 Å². The van der Waals surface area contributed by atoms with Crippen molar-refractivity contribution in [2.45, 2.75) is 37.3 Å². The van der Waals surface area contributed by atoms with Crippen molar-refractivity contribution in [2.24, 2.45) is 5.16 Å². The van der Waals surface area contributed by atoms with Crippen LogP contribution in [0.3, 0.4) is 0 Å². The van der Waals surface area contributed by atoms with Crippen LogP contribution in [0.4, 0.5) is 4.39 Å². The van der Waals surface area contributed by atoms with Gasteiger partial charge in [-0.2, -0.15) is 0 Å². The fraction of sp³-hybridized carbons (Fsp3) is 0.300. The smallest absolute Gasteiger partial charge is 0.265 e. The highest BCUT2D eigenvalue weighted by Gasteiger charge is 2.42. The number of carbonyl (C=O) groups is 1. The van der Waals surface area contributed by atoms with E-state index in [1.54, 1.807) is 12.1 Å². The van der Waals surface area contributed by atoms with Gasteiger partial charge in [0.25, 0.3) is 5.91 Å². The number of nitrogens with zero attached hydrogens (tertiary/aromatic N) is 1. The lowest BCUT2D eigenvalue weighted by Crippen LogP contribution is -2.53. The third kappa shape index (κ3) is 3.02. The standard InChI is InChI=1S/C20H19FN2O2/c21-16-9-4-6-14(12-16)17-13-18(25-23-17)19(24)22-20(10-5-11-20)15-7-2-1-3-8-15/h1-4,6-9,12,18H,5,10-11,13H2,(H,22,24). The van der Waals surface area contributed by atoms with Crippen LogP contribution in [-0.4, -0.2) is 17.7 Å². The average molecular weight is 338 g/mol. The highest BCUT2D eigenvalue weighted by atomic mass is 19.1. The van der Waals surface area contributed by atoms with Gasteiger partial charge in [-0.25, -0.2) is 4.39 Å². The SMILES string of the molecule is O=C(NC1(c2ccccc2)CCC1)C1CC(c2cccc(F)c2)=NO1. The third-order valence-corrected chi connectivity index (χ3v) is 5.02. The van der Waals surface area contributed by atoms with E-state index in [1.165, 1.54) is 12.1 Å². The van der Waals surface area contributed by atoms with Crippen LogP contribution in [0.1, 0.15) is 36.8 Å². The summed E-state index contributed by atoms with van der Waals surface area (Å²) in [6, 6.07) is 16.2. The molecule has 5 heteroatoms. The molecule has 0 radical (unpaired) electrons. The number of benzene rings is 2. The molecule has 1 amide bonds. The molecule has 1 aliphatic heterocycles. The van der Waals surface area contributed by atoms with Gasteiger partial charge in [0.05, 0.1) is 11.3 Å². The molecule has 1 atom stereocenters. The second kappa shape index (κ2) is 6.31. The van der Waals surface area contributed by atoms with Crippen molar-refractivity contribution in [3.8, 4) is 0 Å². The molecule has 0 spiro atoms. The summed E-state index contributed by atoms with van der Waals surface area (Å²) in [5, 5.41) is 7.15. The highest BCUT2D eigenvalue weighted by molar-refractivity contribution is 6.04. The zero-order valence-electron chi connectivity index (χ0n) is 13.7. The molecule has 2 aromatic carbocycles. The summed E-state index contributed by atoms with van der Waals surface area (Å²) in [5.41, 5.74) is 2.07. The predicted molar refractivity (Wildman–Crippen MR) is 92.5 cm³/mol. The Morgan fingerprint density at radius 2 is 1.96 bits per heavy atom. The van der Waals surface area contributed by atoms with E-state index in [0.717, 1.165) is 24.8 Å². The molecule has 2 aromatic rings. The van der Waals surface area contributed by atoms with Crippen LogP contribution in [-0.2, 0) is 15.2 Å². The first kappa shape index (κ1) is 15.8. The predicted octanol–water partition coefficient (Wildman–Crippen LogP) is 3.51. The van der Waals surface area contributed by atoms with Gasteiger partial charge in [-0.3, -0.25) is 4.79 Å². The molecule has 1 aliphatic carbocycles. The summed E-state index contributed by atoms with van der Waals surface area (Å²) in [4.78, 5) is 18.0. The summed E-state index contributed by atoms with van der Waals surface area (Å²) in [6.07, 6.45) is 2.62. The Balaban J connectivity index is 1.44. The molecule has 1 saturated carbocycles. The Bertz CT molecular complexity index is 815. The molecule has 4 nitrogen and oxygen atoms in total. The molecule has 0 bridgehead atoms. The fourth-order valence-electron chi connectivity index (χ4n) is 3.45. The number of hydrogen-bond donors (Lipinski definition) is 1. The first-order valence-corrected chi connectivity index (χ1v) is 8.52. The van der Waals surface area contributed by atoms with E-state index in [0.29, 0.717) is 17.7 Å². The molecule has 1 heterocycles. The molecule has 2 aliphatic rings. The van der Waals surface area contributed by atoms with Crippen LogP contribution in [0.15, 0.2) is 59.8 Å². The van der Waals surface area contributed by atoms with Crippen LogP contribution in [0, 0.1) is 5.82 Å². The van der Waals surface area contributed by atoms with Crippen LogP contribution in [0.5, 0.6) is 0 Å². The number of nitrogens with one attached hydrogen (secondary N) is 1. The van der Waals surface area contributed by atoms with Crippen molar-refractivity contribution in [3.63, 3.8) is 0 Å². The first-order valence-electron chi connectivity index (χ1n) is 8.52. The zero-order chi connectivity index (χ0) is 17.3. The molecule has 0 aromatic heterocycles. The van der Waals surface area contributed by atoms with Crippen molar-refractivity contribution in [1.82, 2.24) is 5.32 Å². The maximum atomic E-state index is 13.4. The van der Waals surface area contributed by atoms with Crippen molar-refractivity contribution in [2.75, 3.05) is 0 Å². The second-order valence-corrected chi connectivity index (χ2v) is 6.64. The summed E-state index contributed by atoms with van der Waals surface area (Å²) < 4.78 is 13.4. The van der Waals surface area contributed by atoms with Crippen LogP contribution in [0.25, 0.3) is 0 Å². The van der Waals surface area contributed by atoms with Gasteiger partial charge in [-0.1, -0.05) is 47.6 Å². The fourth-order valence-corrected chi connectivity index (χ4v) is 3.45. The summed E-state index contributed by atoms with van der Waals surface area (Å²) in [6.45, 7) is 0. The summed E-state index contributed by atoms with van der Waals surface area (Å²) in [7, 11) is 0. The molecule has 128 valence electrons. The normalized spacial score (nSPS) is 21.0. The number of amides is 1. The number of carbonyl (C=O) groups excluding carboxylic acids is 1. The van der Waals surface area contributed by atoms with Crippen LogP contribution >= 0.6 is 0 Å². The van der Waals surface area contributed by atoms with Gasteiger partial charge in [0.15, 0.2) is 0 Å². The van der Waals surface area contributed by atoms with Crippen molar-refractivity contribution in [3.05, 3.63) is 71.5 Å². The maximum Gasteiger partial charge on any atom is 0.265 e. The number of hydrogen-bond acceptors (Lipinski definition) is 3. The van der Waals surface area contributed by atoms with Crippen LogP contribution in [0.2, 0.25) is 0 Å². The van der Waals surface area contributed by atoms with Crippen molar-refractivity contribution in [1.29, 1.82) is 0 Å². The van der Waals surface area contributed by atoms with E-state index in [1.807, 2.05) is 30.3 Å². The minimum absolute atomic E-state index is 0.168. The molecule has 1 unspecified atom stereocenters. The summed E-state index contributed by atoms with van der Waals surface area (Å²) >= 11 is 0. The topological polar surface area (TPSA) is 50.7 Å². The van der Waals surface area contributed by atoms with Gasteiger partial charge in [0.1, 0.15) is 5.82 Å². The molecule has 1 fully saturated rings. The second-order valence-electron chi connectivity index (χ2n) is 6.64. The molecule has 0 saturated heterocycles. The quantitative estimate of drug-likeness (QED) is 0.927. The minimum Gasteiger partial charge on any atom is -0.382 e. The van der Waals surface area contributed by atoms with E-state index in [9.17, 15) is 9.18 Å². The van der Waals surface area contributed by atoms with E-state index in [-0.39, 0.29) is 17.3 Å². The van der Waals surface area contributed by atoms with Crippen LogP contribution < -0.4 is 5.32 Å². The van der Waals surface area contributed by atoms with Gasteiger partial charge in [-0.05, 0) is 37.0 Å². The molecular formula is C20H19FN2O2. The number of rotatable bonds is 4. The van der Waals surface area contributed by atoms with Crippen molar-refractivity contribution >= 4 is 11.6 Å². The number of halogens is 1. The van der Waals surface area contributed by atoms with E-state index >= 15 is 0 Å². The van der Waals surface area contributed by atoms with Gasteiger partial charge in [0, 0.05) is 12.0 Å². The van der Waals surface area contributed by atoms with E-state index < -0.39 is 6.10 Å². The van der Waals surface area contributed by atoms with Gasteiger partial charge >= 0.3 is 0 Å². The van der Waals surface area contributed by atoms with Gasteiger partial charge in [-0.15, -0.1) is 0 Å². The lowest BCUT2D eigenvalue weighted by Gasteiger charge is -2.43. The van der Waals surface area contributed by atoms with E-state index in [2.05, 4.69) is 10.5 Å². The average Bonchev–Trinajstić information content (AvgIpc) is 3.09. The highest BCUT2D eigenvalue weighted by Crippen LogP contribution is 2.41. The third-order valence-electron chi connectivity index (χ3n) is 5.02. The Kier molecular flexibility index (Phi) is 3.99. The lowest BCUT2D eigenvalue weighted by molar-refractivity contribution is -0.134. The van der Waals surface area contributed by atoms with Gasteiger partial charge < -0.3 is 10.2 Å². The number of oxime groups is 1. The zero-order valence-corrected chi connectivity index (χ0v) is 13.7. The largest absolute Gasteiger partial charge is 0.382 e. The Labute approximate surface area is 145 Å². The molecule has 1 N–H and O–H groups in total. The van der Waals surface area contributed by atoms with E-state index in [4.69, 9.17) is 4.84 Å². The Hall–Kier alpha value is -2.69. The molecule has 25 heavy (non-hydrogen) atoms. The lowest BCUT2D eigenvalue weighted by atomic mass is 9.71. The minimum atomic E-state index is -0.667. The monoisotopic (exact) mass is 338 g/mol. The van der Waals surface area contributed by atoms with Crippen molar-refractivity contribution < 1.29 is 14.0 Å². The first-order chi connectivity index (χ1) is 12.2. The molecular weight excluding hydrogens is 319 g/mol. The Morgan fingerprint density at radius 3 is 2.64 bits per heavy atom.